The molecular weight excluding hydrogens is 208 g/mol. The van der Waals surface area contributed by atoms with E-state index >= 15 is 0 Å². The minimum Gasteiger partial charge on any atom is -0.391 e. The lowest BCUT2D eigenvalue weighted by molar-refractivity contribution is -0.127. The van der Waals surface area contributed by atoms with Crippen molar-refractivity contribution >= 4 is 5.91 Å². The minimum absolute atomic E-state index is 0.198. The van der Waals surface area contributed by atoms with E-state index in [9.17, 15) is 9.90 Å². The zero-order chi connectivity index (χ0) is 12.3. The van der Waals surface area contributed by atoms with E-state index in [2.05, 4.69) is 15.4 Å². The third-order valence-corrected chi connectivity index (χ3v) is 2.70. The largest absolute Gasteiger partial charge is 0.391 e. The molecule has 0 aromatic carbocycles. The third-order valence-electron chi connectivity index (χ3n) is 2.70. The molecule has 6 heteroatoms. The number of hydrogen-bond donors (Lipinski definition) is 2. The first-order valence-corrected chi connectivity index (χ1v) is 5.19. The maximum atomic E-state index is 11.9. The Labute approximate surface area is 94.7 Å². The summed E-state index contributed by atoms with van der Waals surface area (Å²) in [6.07, 6.45) is 2.24. The van der Waals surface area contributed by atoms with Crippen LogP contribution in [0.15, 0.2) is 12.7 Å². The quantitative estimate of drug-likeness (QED) is 0.764. The van der Waals surface area contributed by atoms with Gasteiger partial charge in [-0.15, -0.1) is 0 Å². The van der Waals surface area contributed by atoms with Crippen molar-refractivity contribution in [3.8, 4) is 0 Å². The monoisotopic (exact) mass is 226 g/mol. The van der Waals surface area contributed by atoms with Gasteiger partial charge >= 0.3 is 0 Å². The van der Waals surface area contributed by atoms with Crippen LogP contribution in [0, 0.1) is 0 Å². The highest BCUT2D eigenvalue weighted by molar-refractivity contribution is 5.80. The third kappa shape index (κ3) is 2.79. The lowest BCUT2D eigenvalue weighted by Crippen LogP contribution is -2.52. The molecule has 2 unspecified atom stereocenters. The fourth-order valence-corrected chi connectivity index (χ4v) is 1.06. The van der Waals surface area contributed by atoms with Crippen LogP contribution in [0.2, 0.25) is 0 Å². The number of carbonyl (C=O) groups excluding carboxylic acids is 1. The van der Waals surface area contributed by atoms with Crippen LogP contribution in [-0.4, -0.2) is 37.4 Å². The molecule has 0 saturated carbocycles. The Bertz CT molecular complexity index is 346. The van der Waals surface area contributed by atoms with E-state index in [-0.39, 0.29) is 5.91 Å². The van der Waals surface area contributed by atoms with Crippen LogP contribution in [0.1, 0.15) is 33.7 Å². The molecule has 1 aromatic rings. The number of hydrogen-bond acceptors (Lipinski definition) is 4. The molecule has 0 radical (unpaired) electrons. The van der Waals surface area contributed by atoms with Crippen molar-refractivity contribution in [3.05, 3.63) is 12.7 Å². The Balaban J connectivity index is 2.66. The predicted molar refractivity (Wildman–Crippen MR) is 58.6 cm³/mol. The van der Waals surface area contributed by atoms with Gasteiger partial charge in [-0.2, -0.15) is 5.10 Å². The zero-order valence-electron chi connectivity index (χ0n) is 10.0. The average Bonchev–Trinajstić information content (AvgIpc) is 2.68. The molecule has 1 rings (SSSR count). The molecule has 1 heterocycles. The molecule has 0 aliphatic rings. The van der Waals surface area contributed by atoms with E-state index in [1.54, 1.807) is 27.7 Å². The summed E-state index contributed by atoms with van der Waals surface area (Å²) >= 11 is 0. The Kier molecular flexibility index (Phi) is 3.64. The highest BCUT2D eigenvalue weighted by Crippen LogP contribution is 2.11. The zero-order valence-corrected chi connectivity index (χ0v) is 10.0. The van der Waals surface area contributed by atoms with Crippen molar-refractivity contribution in [2.45, 2.75) is 45.4 Å². The van der Waals surface area contributed by atoms with Gasteiger partial charge in [0.05, 0.1) is 11.6 Å². The van der Waals surface area contributed by atoms with E-state index in [1.807, 2.05) is 0 Å². The number of amides is 1. The van der Waals surface area contributed by atoms with Crippen LogP contribution in [0.25, 0.3) is 0 Å². The van der Waals surface area contributed by atoms with E-state index < -0.39 is 17.7 Å². The number of rotatable bonds is 4. The van der Waals surface area contributed by atoms with E-state index in [0.29, 0.717) is 0 Å². The molecule has 0 aliphatic carbocycles. The van der Waals surface area contributed by atoms with Gasteiger partial charge in [0.25, 0.3) is 0 Å². The van der Waals surface area contributed by atoms with Gasteiger partial charge in [-0.1, -0.05) is 0 Å². The maximum absolute atomic E-state index is 11.9. The van der Waals surface area contributed by atoms with Gasteiger partial charge in [0, 0.05) is 0 Å². The summed E-state index contributed by atoms with van der Waals surface area (Å²) in [5.74, 6) is -0.198. The number of aliphatic hydroxyl groups excluding tert-OH is 1. The van der Waals surface area contributed by atoms with Crippen LogP contribution in [0.4, 0.5) is 0 Å². The SMILES string of the molecule is CC(C(=O)NC(C)(C)C(C)O)n1cncn1. The summed E-state index contributed by atoms with van der Waals surface area (Å²) in [5, 5.41) is 16.2. The molecule has 1 amide bonds. The fraction of sp³-hybridized carbons (Fsp3) is 0.700. The van der Waals surface area contributed by atoms with Crippen molar-refractivity contribution in [2.24, 2.45) is 0 Å². The molecule has 6 nitrogen and oxygen atoms in total. The molecule has 0 fully saturated rings. The maximum Gasteiger partial charge on any atom is 0.245 e. The summed E-state index contributed by atoms with van der Waals surface area (Å²) in [5.41, 5.74) is -0.661. The molecule has 16 heavy (non-hydrogen) atoms. The first-order valence-electron chi connectivity index (χ1n) is 5.19. The van der Waals surface area contributed by atoms with Crippen molar-refractivity contribution in [1.82, 2.24) is 20.1 Å². The first-order chi connectivity index (χ1) is 7.34. The van der Waals surface area contributed by atoms with E-state index in [1.165, 1.54) is 17.3 Å². The number of aliphatic hydroxyl groups is 1. The fourth-order valence-electron chi connectivity index (χ4n) is 1.06. The Morgan fingerprint density at radius 1 is 1.50 bits per heavy atom. The van der Waals surface area contributed by atoms with E-state index in [4.69, 9.17) is 0 Å². The second-order valence-electron chi connectivity index (χ2n) is 4.44. The lowest BCUT2D eigenvalue weighted by atomic mass is 9.98. The van der Waals surface area contributed by atoms with Gasteiger partial charge < -0.3 is 10.4 Å². The molecule has 0 saturated heterocycles. The molecule has 0 aliphatic heterocycles. The van der Waals surface area contributed by atoms with Gasteiger partial charge in [-0.05, 0) is 27.7 Å². The van der Waals surface area contributed by atoms with Crippen LogP contribution in [0.5, 0.6) is 0 Å². The van der Waals surface area contributed by atoms with Crippen molar-refractivity contribution in [3.63, 3.8) is 0 Å². The minimum atomic E-state index is -0.661. The van der Waals surface area contributed by atoms with Gasteiger partial charge in [-0.3, -0.25) is 4.79 Å². The van der Waals surface area contributed by atoms with Crippen LogP contribution >= 0.6 is 0 Å². The van der Waals surface area contributed by atoms with Crippen LogP contribution < -0.4 is 5.32 Å². The van der Waals surface area contributed by atoms with Gasteiger partial charge in [-0.25, -0.2) is 9.67 Å². The van der Waals surface area contributed by atoms with Crippen molar-refractivity contribution in [2.75, 3.05) is 0 Å². The van der Waals surface area contributed by atoms with Gasteiger partial charge in [0.2, 0.25) is 5.91 Å². The summed E-state index contributed by atoms with van der Waals surface area (Å²) in [6.45, 7) is 6.90. The summed E-state index contributed by atoms with van der Waals surface area (Å²) in [6, 6.07) is -0.444. The standard InChI is InChI=1S/C10H18N4O2/c1-7(14-6-11-5-12-14)9(16)13-10(3,4)8(2)15/h5-8,15H,1-4H3,(H,13,16). The van der Waals surface area contributed by atoms with E-state index in [0.717, 1.165) is 0 Å². The number of nitrogens with one attached hydrogen (secondary N) is 1. The topological polar surface area (TPSA) is 80.0 Å². The smallest absolute Gasteiger partial charge is 0.245 e. The van der Waals surface area contributed by atoms with Crippen LogP contribution in [0.3, 0.4) is 0 Å². The first kappa shape index (κ1) is 12.6. The van der Waals surface area contributed by atoms with Crippen molar-refractivity contribution in [1.29, 1.82) is 0 Å². The molecule has 0 bridgehead atoms. The Hall–Kier alpha value is -1.43. The second kappa shape index (κ2) is 4.61. The predicted octanol–water partition coefficient (Wildman–Crippen LogP) is 0.115. The normalized spacial score (nSPS) is 15.6. The van der Waals surface area contributed by atoms with Gasteiger partial charge in [0.1, 0.15) is 18.7 Å². The molecule has 2 atom stereocenters. The summed E-state index contributed by atoms with van der Waals surface area (Å²) in [7, 11) is 0. The number of aromatic nitrogens is 3. The molecule has 0 spiro atoms. The number of carbonyl (C=O) groups is 1. The Morgan fingerprint density at radius 3 is 2.56 bits per heavy atom. The molecule has 2 N–H and O–H groups in total. The lowest BCUT2D eigenvalue weighted by Gasteiger charge is -2.30. The summed E-state index contributed by atoms with van der Waals surface area (Å²) < 4.78 is 1.47. The Morgan fingerprint density at radius 2 is 2.12 bits per heavy atom. The number of nitrogens with zero attached hydrogens (tertiary/aromatic N) is 3. The molecule has 1 aromatic heterocycles. The van der Waals surface area contributed by atoms with Crippen molar-refractivity contribution < 1.29 is 9.90 Å². The van der Waals surface area contributed by atoms with Crippen LogP contribution in [-0.2, 0) is 4.79 Å². The molecular formula is C10H18N4O2. The highest BCUT2D eigenvalue weighted by atomic mass is 16.3. The summed E-state index contributed by atoms with van der Waals surface area (Å²) in [4.78, 5) is 15.6. The highest BCUT2D eigenvalue weighted by Gasteiger charge is 2.28. The van der Waals surface area contributed by atoms with Gasteiger partial charge in [0.15, 0.2) is 0 Å². The second-order valence-corrected chi connectivity index (χ2v) is 4.44. The average molecular weight is 226 g/mol. The molecule has 90 valence electrons.